The van der Waals surface area contributed by atoms with E-state index < -0.39 is 0 Å². The maximum atomic E-state index is 12.2. The molecule has 2 rings (SSSR count). The normalized spacial score (nSPS) is 10.8. The number of carbonyl (C=O) groups excluding carboxylic acids is 2. The van der Waals surface area contributed by atoms with Crippen molar-refractivity contribution in [2.45, 2.75) is 45.1 Å². The van der Waals surface area contributed by atoms with Gasteiger partial charge in [0.25, 0.3) is 0 Å². The minimum atomic E-state index is -0.235. The fourth-order valence-electron chi connectivity index (χ4n) is 2.44. The molecule has 2 amide bonds. The molecule has 0 atom stereocenters. The van der Waals surface area contributed by atoms with E-state index in [2.05, 4.69) is 15.6 Å². The van der Waals surface area contributed by atoms with Gasteiger partial charge < -0.3 is 25.0 Å². The molecule has 0 saturated heterocycles. The van der Waals surface area contributed by atoms with Crippen LogP contribution in [-0.2, 0) is 22.7 Å². The number of carbonyl (C=O) groups is 2. The zero-order chi connectivity index (χ0) is 20.5. The molecule has 1 aromatic heterocycles. The summed E-state index contributed by atoms with van der Waals surface area (Å²) in [5.41, 5.74) is 1.19. The van der Waals surface area contributed by atoms with E-state index in [-0.39, 0.29) is 36.8 Å². The van der Waals surface area contributed by atoms with Gasteiger partial charge in [-0.1, -0.05) is 11.8 Å². The van der Waals surface area contributed by atoms with Crippen LogP contribution in [0.2, 0.25) is 0 Å². The molecular weight excluding hydrogens is 380 g/mol. The van der Waals surface area contributed by atoms with Crippen molar-refractivity contribution in [2.75, 3.05) is 17.7 Å². The molecule has 0 unspecified atom stereocenters. The van der Waals surface area contributed by atoms with E-state index in [9.17, 15) is 14.7 Å². The second-order valence-corrected chi connectivity index (χ2v) is 7.24. The largest absolute Gasteiger partial charge is 0.494 e. The lowest BCUT2D eigenvalue weighted by Crippen LogP contribution is -2.33. The number of ether oxygens (including phenoxy) is 1. The Morgan fingerprint density at radius 3 is 2.57 bits per heavy atom. The highest BCUT2D eigenvalue weighted by Gasteiger charge is 2.15. The van der Waals surface area contributed by atoms with Gasteiger partial charge in [-0.15, -0.1) is 0 Å². The van der Waals surface area contributed by atoms with Crippen LogP contribution in [0, 0.1) is 0 Å². The molecule has 0 aliphatic carbocycles. The molecule has 3 N–H and O–H groups in total. The number of aliphatic hydroxyl groups excluding tert-OH is 1. The molecule has 0 aliphatic rings. The summed E-state index contributed by atoms with van der Waals surface area (Å²) in [4.78, 5) is 28.5. The Bertz CT molecular complexity index is 790. The summed E-state index contributed by atoms with van der Waals surface area (Å²) >= 11 is 1.21. The number of benzene rings is 1. The zero-order valence-corrected chi connectivity index (χ0v) is 17.1. The maximum Gasteiger partial charge on any atom is 0.240 e. The topological polar surface area (TPSA) is 105 Å². The second-order valence-electron chi connectivity index (χ2n) is 6.29. The molecule has 28 heavy (non-hydrogen) atoms. The molecule has 8 nitrogen and oxygen atoms in total. The number of nitrogens with one attached hydrogen (secondary N) is 2. The number of nitrogens with zero attached hydrogens (tertiary/aromatic N) is 2. The standard InChI is InChI=1S/C19H26N4O4S/c1-4-27-16-7-5-14(6-8-16)22-18(26)12-28-19-20-9-15(11-24)23(19)10-17(25)21-13(2)3/h5-9,13,24H,4,10-12H2,1-3H3,(H,21,25)(H,22,26). The number of hydrogen-bond acceptors (Lipinski definition) is 6. The van der Waals surface area contributed by atoms with Crippen molar-refractivity contribution in [3.8, 4) is 5.75 Å². The predicted octanol–water partition coefficient (Wildman–Crippen LogP) is 2.03. The fraction of sp³-hybridized carbons (Fsp3) is 0.421. The van der Waals surface area contributed by atoms with E-state index in [1.54, 1.807) is 28.8 Å². The highest BCUT2D eigenvalue weighted by molar-refractivity contribution is 7.99. The number of rotatable bonds is 10. The summed E-state index contributed by atoms with van der Waals surface area (Å²) in [5.74, 6) is 0.498. The minimum absolute atomic E-state index is 0.0181. The summed E-state index contributed by atoms with van der Waals surface area (Å²) in [7, 11) is 0. The molecule has 0 saturated carbocycles. The highest BCUT2D eigenvalue weighted by Crippen LogP contribution is 2.20. The molecule has 1 heterocycles. The van der Waals surface area contributed by atoms with Crippen molar-refractivity contribution in [3.63, 3.8) is 0 Å². The molecule has 0 aliphatic heterocycles. The third-order valence-corrected chi connectivity index (χ3v) is 4.59. The van der Waals surface area contributed by atoms with E-state index in [4.69, 9.17) is 4.74 Å². The van der Waals surface area contributed by atoms with E-state index in [0.717, 1.165) is 5.75 Å². The molecule has 2 aromatic rings. The van der Waals surface area contributed by atoms with Gasteiger partial charge >= 0.3 is 0 Å². The quantitative estimate of drug-likeness (QED) is 0.522. The zero-order valence-electron chi connectivity index (χ0n) is 16.3. The summed E-state index contributed by atoms with van der Waals surface area (Å²) in [5, 5.41) is 15.6. The van der Waals surface area contributed by atoms with Gasteiger partial charge in [0.15, 0.2) is 5.16 Å². The first kappa shape index (κ1) is 21.8. The van der Waals surface area contributed by atoms with Crippen LogP contribution in [0.25, 0.3) is 0 Å². The van der Waals surface area contributed by atoms with Crippen molar-refractivity contribution in [3.05, 3.63) is 36.2 Å². The van der Waals surface area contributed by atoms with Crippen LogP contribution in [0.5, 0.6) is 5.75 Å². The van der Waals surface area contributed by atoms with Crippen molar-refractivity contribution >= 4 is 29.3 Å². The van der Waals surface area contributed by atoms with Gasteiger partial charge in [0.1, 0.15) is 12.3 Å². The van der Waals surface area contributed by atoms with Crippen molar-refractivity contribution in [1.29, 1.82) is 0 Å². The SMILES string of the molecule is CCOc1ccc(NC(=O)CSc2ncc(CO)n2CC(=O)NC(C)C)cc1. The fourth-order valence-corrected chi connectivity index (χ4v) is 3.24. The number of aromatic nitrogens is 2. The predicted molar refractivity (Wildman–Crippen MR) is 108 cm³/mol. The van der Waals surface area contributed by atoms with Crippen LogP contribution in [0.4, 0.5) is 5.69 Å². The number of anilines is 1. The van der Waals surface area contributed by atoms with Gasteiger partial charge in [-0.2, -0.15) is 0 Å². The lowest BCUT2D eigenvalue weighted by molar-refractivity contribution is -0.122. The van der Waals surface area contributed by atoms with Gasteiger partial charge in [-0.05, 0) is 45.0 Å². The lowest BCUT2D eigenvalue weighted by atomic mass is 10.3. The summed E-state index contributed by atoms with van der Waals surface area (Å²) in [6.45, 7) is 6.04. The van der Waals surface area contributed by atoms with Gasteiger partial charge in [-0.3, -0.25) is 9.59 Å². The van der Waals surface area contributed by atoms with Crippen LogP contribution in [0.3, 0.4) is 0 Å². The molecule has 0 spiro atoms. The first-order valence-electron chi connectivity index (χ1n) is 9.03. The van der Waals surface area contributed by atoms with Gasteiger partial charge in [0.2, 0.25) is 11.8 Å². The third kappa shape index (κ3) is 6.58. The Kier molecular flexibility index (Phi) is 8.34. The monoisotopic (exact) mass is 406 g/mol. The summed E-state index contributed by atoms with van der Waals surface area (Å²) in [6, 6.07) is 7.15. The number of amides is 2. The van der Waals surface area contributed by atoms with Gasteiger partial charge in [-0.25, -0.2) is 4.98 Å². The first-order valence-corrected chi connectivity index (χ1v) is 10.0. The summed E-state index contributed by atoms with van der Waals surface area (Å²) in [6.07, 6.45) is 1.51. The highest BCUT2D eigenvalue weighted by atomic mass is 32.2. The third-order valence-electron chi connectivity index (χ3n) is 3.60. The molecule has 9 heteroatoms. The minimum Gasteiger partial charge on any atom is -0.494 e. The van der Waals surface area contributed by atoms with Gasteiger partial charge in [0, 0.05) is 11.7 Å². The van der Waals surface area contributed by atoms with E-state index >= 15 is 0 Å². The molecule has 1 aromatic carbocycles. The lowest BCUT2D eigenvalue weighted by Gasteiger charge is -2.13. The van der Waals surface area contributed by atoms with Crippen LogP contribution >= 0.6 is 11.8 Å². The second kappa shape index (κ2) is 10.7. The van der Waals surface area contributed by atoms with Crippen LogP contribution in [0.15, 0.2) is 35.6 Å². The Labute approximate surface area is 168 Å². The Hall–Kier alpha value is -2.52. The average molecular weight is 407 g/mol. The molecular formula is C19H26N4O4S. The summed E-state index contributed by atoms with van der Waals surface area (Å²) < 4.78 is 6.99. The molecule has 0 fully saturated rings. The van der Waals surface area contributed by atoms with E-state index in [1.807, 2.05) is 20.8 Å². The number of aliphatic hydroxyl groups is 1. The molecule has 0 radical (unpaired) electrons. The average Bonchev–Trinajstić information content (AvgIpc) is 3.02. The van der Waals surface area contributed by atoms with Gasteiger partial charge in [0.05, 0.1) is 30.9 Å². The maximum absolute atomic E-state index is 12.2. The Morgan fingerprint density at radius 2 is 1.96 bits per heavy atom. The number of thioether (sulfide) groups is 1. The van der Waals surface area contributed by atoms with Crippen molar-refractivity contribution < 1.29 is 19.4 Å². The number of hydrogen-bond donors (Lipinski definition) is 3. The first-order chi connectivity index (χ1) is 13.4. The molecule has 152 valence electrons. The van der Waals surface area contributed by atoms with Crippen LogP contribution in [-0.4, -0.2) is 44.9 Å². The van der Waals surface area contributed by atoms with E-state index in [1.165, 1.54) is 18.0 Å². The Balaban J connectivity index is 1.94. The van der Waals surface area contributed by atoms with Crippen LogP contribution < -0.4 is 15.4 Å². The molecule has 0 bridgehead atoms. The van der Waals surface area contributed by atoms with Crippen molar-refractivity contribution in [1.82, 2.24) is 14.9 Å². The Morgan fingerprint density at radius 1 is 1.25 bits per heavy atom. The number of imidazole rings is 1. The van der Waals surface area contributed by atoms with Crippen LogP contribution in [0.1, 0.15) is 26.5 Å². The van der Waals surface area contributed by atoms with E-state index in [0.29, 0.717) is 23.1 Å². The smallest absolute Gasteiger partial charge is 0.240 e. The van der Waals surface area contributed by atoms with Crippen molar-refractivity contribution in [2.24, 2.45) is 0 Å².